The fourth-order valence-corrected chi connectivity index (χ4v) is 4.62. The second-order valence-electron chi connectivity index (χ2n) is 9.41. The molecule has 0 saturated carbocycles. The topological polar surface area (TPSA) is 76.4 Å². The first-order valence-corrected chi connectivity index (χ1v) is 14.2. The van der Waals surface area contributed by atoms with Crippen molar-refractivity contribution in [1.29, 1.82) is 0 Å². The lowest BCUT2D eigenvalue weighted by atomic mass is 10.0. The predicted molar refractivity (Wildman–Crippen MR) is 146 cm³/mol. The Kier molecular flexibility index (Phi) is 11.9. The number of carbonyl (C=O) groups is 1. The SMILES string of the molecule is C=CC(=O)OCC(F)(F)OC(F)(F)OC(F)(F)OC(F)(F)CSc1ccc2cc(-c3ccc(CCCCC)cc3OC)oc2c1. The van der Waals surface area contributed by atoms with Crippen LogP contribution in [-0.2, 0) is 30.2 Å². The lowest BCUT2D eigenvalue weighted by Gasteiger charge is -2.27. The van der Waals surface area contributed by atoms with Gasteiger partial charge in [-0.3, -0.25) is 0 Å². The molecule has 0 aliphatic carbocycles. The highest BCUT2D eigenvalue weighted by Gasteiger charge is 2.56. The highest BCUT2D eigenvalue weighted by Crippen LogP contribution is 2.40. The molecule has 7 nitrogen and oxygen atoms in total. The van der Waals surface area contributed by atoms with Gasteiger partial charge in [0.05, 0.1) is 18.4 Å². The molecule has 0 radical (unpaired) electrons. The molecule has 0 bridgehead atoms. The van der Waals surface area contributed by atoms with Crippen LogP contribution in [0.1, 0.15) is 31.7 Å². The minimum absolute atomic E-state index is 0.108. The van der Waals surface area contributed by atoms with Crippen LogP contribution in [0, 0.1) is 0 Å². The Hall–Kier alpha value is -3.34. The Morgan fingerprint density at radius 2 is 1.60 bits per heavy atom. The lowest BCUT2D eigenvalue weighted by Crippen LogP contribution is -2.46. The predicted octanol–water partition coefficient (Wildman–Crippen LogP) is 9.00. The van der Waals surface area contributed by atoms with Gasteiger partial charge in [0.25, 0.3) is 0 Å². The summed E-state index contributed by atoms with van der Waals surface area (Å²) in [5, 5.41) is 0.588. The number of fused-ring (bicyclic) bond motifs is 1. The normalized spacial score (nSPS) is 12.8. The fourth-order valence-electron chi connectivity index (χ4n) is 3.88. The van der Waals surface area contributed by atoms with Gasteiger partial charge in [0.1, 0.15) is 17.1 Å². The maximum Gasteiger partial charge on any atom is 0.496 e. The van der Waals surface area contributed by atoms with Crippen LogP contribution >= 0.6 is 11.8 Å². The third-order valence-corrected chi connectivity index (χ3v) is 6.89. The van der Waals surface area contributed by atoms with Crippen molar-refractivity contribution < 1.29 is 68.0 Å². The smallest absolute Gasteiger partial charge is 0.496 e. The molecule has 0 fully saturated rings. The number of benzene rings is 2. The lowest BCUT2D eigenvalue weighted by molar-refractivity contribution is -0.572. The summed E-state index contributed by atoms with van der Waals surface area (Å²) in [7, 11) is 1.51. The average molecular weight is 673 g/mol. The van der Waals surface area contributed by atoms with Crippen LogP contribution in [0.15, 0.2) is 64.4 Å². The molecule has 45 heavy (non-hydrogen) atoms. The number of furan rings is 1. The molecule has 2 aromatic carbocycles. The summed E-state index contributed by atoms with van der Waals surface area (Å²) in [5.74, 6) is -2.02. The Morgan fingerprint density at radius 1 is 0.911 bits per heavy atom. The summed E-state index contributed by atoms with van der Waals surface area (Å²) in [4.78, 5) is 10.9. The molecule has 3 aromatic rings. The molecule has 1 heterocycles. The summed E-state index contributed by atoms with van der Waals surface area (Å²) < 4.78 is 133. The number of ether oxygens (including phenoxy) is 5. The number of thioether (sulfide) groups is 1. The van der Waals surface area contributed by atoms with E-state index in [-0.39, 0.29) is 10.5 Å². The number of hydrogen-bond acceptors (Lipinski definition) is 8. The number of esters is 1. The number of carbonyl (C=O) groups excluding carboxylic acids is 1. The monoisotopic (exact) mass is 672 g/mol. The van der Waals surface area contributed by atoms with Gasteiger partial charge in [-0.2, -0.15) is 17.6 Å². The highest BCUT2D eigenvalue weighted by molar-refractivity contribution is 7.99. The van der Waals surface area contributed by atoms with Crippen LogP contribution in [0.3, 0.4) is 0 Å². The Morgan fingerprint density at radius 3 is 2.24 bits per heavy atom. The van der Waals surface area contributed by atoms with Crippen molar-refractivity contribution in [3.05, 3.63) is 60.7 Å². The molecule has 0 N–H and O–H groups in total. The van der Waals surface area contributed by atoms with Gasteiger partial charge in [0, 0.05) is 16.4 Å². The van der Waals surface area contributed by atoms with Gasteiger partial charge in [-0.05, 0) is 54.8 Å². The number of halogens is 8. The number of aryl methyl sites for hydroxylation is 1. The molecule has 0 spiro atoms. The quantitative estimate of drug-likeness (QED) is 0.0331. The van der Waals surface area contributed by atoms with Crippen LogP contribution in [0.4, 0.5) is 35.1 Å². The minimum Gasteiger partial charge on any atom is -0.496 e. The summed E-state index contributed by atoms with van der Waals surface area (Å²) >= 11 is 0.302. The number of rotatable bonds is 18. The van der Waals surface area contributed by atoms with Gasteiger partial charge in [0.15, 0.2) is 6.61 Å². The van der Waals surface area contributed by atoms with Crippen molar-refractivity contribution in [3.8, 4) is 17.1 Å². The molecular weight excluding hydrogens is 644 g/mol. The van der Waals surface area contributed by atoms with E-state index in [9.17, 15) is 39.9 Å². The zero-order valence-electron chi connectivity index (χ0n) is 23.9. The molecule has 0 amide bonds. The van der Waals surface area contributed by atoms with Crippen molar-refractivity contribution in [3.63, 3.8) is 0 Å². The Labute approximate surface area is 256 Å². The maximum atomic E-state index is 14.2. The molecule has 0 aliphatic rings. The van der Waals surface area contributed by atoms with E-state index in [4.69, 9.17) is 9.15 Å². The molecule has 1 aromatic heterocycles. The van der Waals surface area contributed by atoms with E-state index in [0.29, 0.717) is 40.3 Å². The number of hydrogen-bond donors (Lipinski definition) is 0. The van der Waals surface area contributed by atoms with Gasteiger partial charge in [-0.15, -0.1) is 29.3 Å². The van der Waals surface area contributed by atoms with Crippen LogP contribution in [0.25, 0.3) is 22.3 Å². The van der Waals surface area contributed by atoms with Crippen LogP contribution in [-0.4, -0.2) is 50.2 Å². The van der Waals surface area contributed by atoms with Gasteiger partial charge >= 0.3 is 30.8 Å². The molecule has 0 unspecified atom stereocenters. The first-order chi connectivity index (χ1) is 21.0. The minimum atomic E-state index is -5.85. The summed E-state index contributed by atoms with van der Waals surface area (Å²) in [6.07, 6.45) is -17.0. The van der Waals surface area contributed by atoms with E-state index >= 15 is 0 Å². The van der Waals surface area contributed by atoms with Crippen LogP contribution in [0.5, 0.6) is 5.75 Å². The molecule has 3 rings (SSSR count). The Bertz CT molecular complexity index is 1460. The third kappa shape index (κ3) is 11.2. The van der Waals surface area contributed by atoms with E-state index in [1.807, 2.05) is 18.2 Å². The van der Waals surface area contributed by atoms with Crippen molar-refractivity contribution in [2.45, 2.75) is 62.3 Å². The maximum absolute atomic E-state index is 14.2. The second kappa shape index (κ2) is 14.8. The van der Waals surface area contributed by atoms with Gasteiger partial charge in [-0.25, -0.2) is 19.0 Å². The first-order valence-electron chi connectivity index (χ1n) is 13.2. The zero-order chi connectivity index (χ0) is 33.5. The van der Waals surface area contributed by atoms with Gasteiger partial charge in [0.2, 0.25) is 0 Å². The molecule has 0 saturated heterocycles. The molecule has 16 heteroatoms. The van der Waals surface area contributed by atoms with E-state index in [1.54, 1.807) is 6.07 Å². The number of alkyl halides is 8. The average Bonchev–Trinajstić information content (AvgIpc) is 3.36. The molecule has 248 valence electrons. The van der Waals surface area contributed by atoms with Crippen molar-refractivity contribution >= 4 is 28.7 Å². The van der Waals surface area contributed by atoms with Crippen LogP contribution in [0.2, 0.25) is 0 Å². The summed E-state index contributed by atoms with van der Waals surface area (Å²) in [5.41, 5.74) is 1.98. The van der Waals surface area contributed by atoms with E-state index < -0.39 is 43.1 Å². The van der Waals surface area contributed by atoms with Crippen molar-refractivity contribution in [2.75, 3.05) is 19.5 Å². The standard InChI is InChI=1S/C29H28F8O7S/c1-4-6-7-8-18-9-12-21(23(13-18)39-3)24-14-19-10-11-20(15-22(19)41-24)45-17-27(32,33)43-29(36,37)44-28(34,35)42-26(30,31)16-40-25(38)5-2/h5,9-15H,2,4,6-8,16-17H2,1,3H3. The van der Waals surface area contributed by atoms with Gasteiger partial charge in [-0.1, -0.05) is 32.4 Å². The molecule has 0 atom stereocenters. The van der Waals surface area contributed by atoms with Crippen molar-refractivity contribution in [1.82, 2.24) is 0 Å². The fraction of sp³-hybridized carbons (Fsp3) is 0.414. The zero-order valence-corrected chi connectivity index (χ0v) is 24.7. The summed E-state index contributed by atoms with van der Waals surface area (Å²) in [6, 6.07) is 11.6. The molecule has 0 aliphatic heterocycles. The van der Waals surface area contributed by atoms with E-state index in [2.05, 4.69) is 32.5 Å². The van der Waals surface area contributed by atoms with Crippen LogP contribution < -0.4 is 4.74 Å². The van der Waals surface area contributed by atoms with Gasteiger partial charge < -0.3 is 13.9 Å². The van der Waals surface area contributed by atoms with Crippen molar-refractivity contribution in [2.24, 2.45) is 0 Å². The second-order valence-corrected chi connectivity index (χ2v) is 10.5. The first kappa shape index (κ1) is 36.1. The summed E-state index contributed by atoms with van der Waals surface area (Å²) in [6.45, 7) is 2.83. The number of methoxy groups -OCH3 is 1. The van der Waals surface area contributed by atoms with E-state index in [0.717, 1.165) is 31.2 Å². The Balaban J connectivity index is 1.64. The molecular formula is C29H28F8O7S. The number of unbranched alkanes of at least 4 members (excludes halogenated alkanes) is 2. The highest BCUT2D eigenvalue weighted by atomic mass is 32.2. The van der Waals surface area contributed by atoms with E-state index in [1.165, 1.54) is 25.3 Å². The largest absolute Gasteiger partial charge is 0.496 e. The third-order valence-electron chi connectivity index (χ3n) is 5.82.